The van der Waals surface area contributed by atoms with E-state index in [9.17, 15) is 24.3 Å². The van der Waals surface area contributed by atoms with E-state index >= 15 is 0 Å². The van der Waals surface area contributed by atoms with Gasteiger partial charge >= 0.3 is 12.1 Å². The first-order valence-electron chi connectivity index (χ1n) is 15.8. The number of epoxide rings is 1. The Kier molecular flexibility index (Phi) is 11.2. The standard InChI is InChI=1S/C34H46ClN3O10/c1-18-11-10-12-26(45-9)34(43)17-25(46-32(42)36-34)19(2)30-33(5,48-30)27(47-31(41)20(3)37(6)21(4)39)16-28(40)38(7)23-14-22(13-18)15-24(44-8)29(23)35/h10-12,14-15,19-20,25-27,30,43H,13,16-17H2,1-9H3,(H,36,42)/b12-10-,18-11+/t19-,20+,25+,26-,27+,30+,33+,34+/m1/s1. The Bertz CT molecular complexity index is 1500. The minimum absolute atomic E-state index is 0.0436. The van der Waals surface area contributed by atoms with Crippen molar-refractivity contribution in [3.63, 3.8) is 0 Å². The maximum absolute atomic E-state index is 14.0. The Morgan fingerprint density at radius 1 is 1.25 bits per heavy atom. The Labute approximate surface area is 286 Å². The van der Waals surface area contributed by atoms with Gasteiger partial charge in [0.15, 0.2) is 5.72 Å². The predicted molar refractivity (Wildman–Crippen MR) is 177 cm³/mol. The van der Waals surface area contributed by atoms with E-state index in [1.54, 1.807) is 45.2 Å². The summed E-state index contributed by atoms with van der Waals surface area (Å²) in [6.07, 6.45) is 1.02. The Morgan fingerprint density at radius 3 is 2.56 bits per heavy atom. The van der Waals surface area contributed by atoms with Crippen LogP contribution in [0.1, 0.15) is 53.0 Å². The van der Waals surface area contributed by atoms with Crippen LogP contribution in [0.15, 0.2) is 35.9 Å². The number of benzene rings is 1. The molecule has 0 aromatic heterocycles. The van der Waals surface area contributed by atoms with Crippen molar-refractivity contribution in [3.8, 4) is 5.75 Å². The molecule has 14 heteroatoms. The van der Waals surface area contributed by atoms with Gasteiger partial charge in [0.2, 0.25) is 11.8 Å². The summed E-state index contributed by atoms with van der Waals surface area (Å²) in [6, 6.07) is 2.63. The first-order chi connectivity index (χ1) is 22.4. The van der Waals surface area contributed by atoms with Gasteiger partial charge < -0.3 is 38.6 Å². The van der Waals surface area contributed by atoms with Crippen LogP contribution in [-0.2, 0) is 39.8 Å². The first kappa shape index (κ1) is 37.2. The van der Waals surface area contributed by atoms with Crippen molar-refractivity contribution >= 4 is 41.2 Å². The SMILES string of the molecule is COc1cc2cc(c1Cl)N(C)C(=O)C[C@H](OC(=O)[C@H](C)N(C)C(C)=O)[C@]1(C)O[C@H]1[C@H](C)[C@@H]1C[C@@](O)(NC(=O)O1)[C@H](OC)/C=C\C=C(/C)C2. The number of aliphatic hydroxyl groups is 1. The molecule has 264 valence electrons. The zero-order valence-corrected chi connectivity index (χ0v) is 29.6. The molecule has 4 rings (SSSR count). The summed E-state index contributed by atoms with van der Waals surface area (Å²) >= 11 is 6.71. The molecule has 13 nitrogen and oxygen atoms in total. The number of ether oxygens (including phenoxy) is 5. The molecular formula is C34H46ClN3O10. The second-order valence-electron chi connectivity index (χ2n) is 13.0. The molecule has 0 spiro atoms. The lowest BCUT2D eigenvalue weighted by Gasteiger charge is -2.42. The number of nitrogens with one attached hydrogen (secondary N) is 1. The van der Waals surface area contributed by atoms with Crippen LogP contribution in [0.2, 0.25) is 5.02 Å². The van der Waals surface area contributed by atoms with E-state index in [1.807, 2.05) is 13.0 Å². The van der Waals surface area contributed by atoms with E-state index in [0.29, 0.717) is 17.9 Å². The van der Waals surface area contributed by atoms with E-state index in [1.165, 1.54) is 44.9 Å². The number of nitrogens with zero attached hydrogens (tertiary/aromatic N) is 2. The largest absolute Gasteiger partial charge is 0.495 e. The molecule has 1 aromatic rings. The highest BCUT2D eigenvalue weighted by Crippen LogP contribution is 2.49. The van der Waals surface area contributed by atoms with Crippen molar-refractivity contribution in [2.24, 2.45) is 5.92 Å². The van der Waals surface area contributed by atoms with Crippen LogP contribution in [0.3, 0.4) is 0 Å². The maximum Gasteiger partial charge on any atom is 0.409 e. The number of hydrogen-bond donors (Lipinski definition) is 2. The number of likely N-dealkylation sites (N-methyl/N-ethyl adjacent to an activating group) is 1. The molecule has 0 aliphatic carbocycles. The zero-order valence-electron chi connectivity index (χ0n) is 28.9. The molecule has 0 unspecified atom stereocenters. The Morgan fingerprint density at radius 2 is 1.94 bits per heavy atom. The third-order valence-corrected chi connectivity index (χ3v) is 10.0. The number of rotatable bonds is 5. The highest BCUT2D eigenvalue weighted by Gasteiger charge is 2.64. The third kappa shape index (κ3) is 7.64. The van der Waals surface area contributed by atoms with E-state index in [4.69, 9.17) is 35.3 Å². The van der Waals surface area contributed by atoms with Crippen LogP contribution in [0.4, 0.5) is 10.5 Å². The average molecular weight is 692 g/mol. The summed E-state index contributed by atoms with van der Waals surface area (Å²) in [7, 11) is 5.97. The van der Waals surface area contributed by atoms with E-state index in [-0.39, 0.29) is 23.8 Å². The highest BCUT2D eigenvalue weighted by molar-refractivity contribution is 6.35. The number of alkyl carbamates (subject to hydrolysis) is 1. The molecule has 0 radical (unpaired) electrons. The number of carbonyl (C=O) groups is 4. The number of carbonyl (C=O) groups excluding carboxylic acids is 4. The van der Waals surface area contributed by atoms with Crippen LogP contribution in [0.25, 0.3) is 0 Å². The van der Waals surface area contributed by atoms with Crippen molar-refractivity contribution in [3.05, 3.63) is 46.5 Å². The molecule has 4 bridgehead atoms. The van der Waals surface area contributed by atoms with Gasteiger partial charge in [0.25, 0.3) is 0 Å². The molecule has 1 aromatic carbocycles. The number of methoxy groups -OCH3 is 2. The fraction of sp³-hybridized carbons (Fsp3) is 0.588. The van der Waals surface area contributed by atoms with Crippen LogP contribution < -0.4 is 15.0 Å². The molecular weight excluding hydrogens is 646 g/mol. The Balaban J connectivity index is 1.80. The summed E-state index contributed by atoms with van der Waals surface area (Å²) in [6.45, 7) is 8.29. The van der Waals surface area contributed by atoms with Gasteiger partial charge in [0, 0.05) is 40.5 Å². The van der Waals surface area contributed by atoms with Gasteiger partial charge in [0.1, 0.15) is 40.7 Å². The van der Waals surface area contributed by atoms with Crippen LogP contribution in [0, 0.1) is 5.92 Å². The average Bonchev–Trinajstić information content (AvgIpc) is 3.73. The molecule has 48 heavy (non-hydrogen) atoms. The van der Waals surface area contributed by atoms with E-state index in [0.717, 1.165) is 11.1 Å². The lowest BCUT2D eigenvalue weighted by molar-refractivity contribution is -0.161. The molecule has 2 saturated heterocycles. The molecule has 2 N–H and O–H groups in total. The molecule has 2 fully saturated rings. The van der Waals surface area contributed by atoms with Gasteiger partial charge in [-0.3, -0.25) is 14.9 Å². The van der Waals surface area contributed by atoms with Crippen molar-refractivity contribution in [2.75, 3.05) is 33.2 Å². The molecule has 3 aliphatic heterocycles. The second kappa shape index (κ2) is 14.5. The fourth-order valence-electron chi connectivity index (χ4n) is 6.27. The summed E-state index contributed by atoms with van der Waals surface area (Å²) < 4.78 is 28.9. The normalized spacial score (nSPS) is 33.2. The molecule has 3 heterocycles. The van der Waals surface area contributed by atoms with Crippen molar-refractivity contribution in [1.29, 1.82) is 0 Å². The maximum atomic E-state index is 14.0. The molecule has 8 atom stereocenters. The monoisotopic (exact) mass is 691 g/mol. The topological polar surface area (TPSA) is 156 Å². The minimum Gasteiger partial charge on any atom is -0.495 e. The van der Waals surface area contributed by atoms with Gasteiger partial charge in [-0.05, 0) is 44.9 Å². The molecule has 3 amide bonds. The van der Waals surface area contributed by atoms with Gasteiger partial charge in [-0.15, -0.1) is 0 Å². The van der Waals surface area contributed by atoms with Gasteiger partial charge in [-0.25, -0.2) is 9.59 Å². The summed E-state index contributed by atoms with van der Waals surface area (Å²) in [5.41, 5.74) is -0.871. The summed E-state index contributed by atoms with van der Waals surface area (Å²) in [5.74, 6) is -1.63. The third-order valence-electron chi connectivity index (χ3n) is 9.63. The highest BCUT2D eigenvalue weighted by atomic mass is 35.5. The van der Waals surface area contributed by atoms with Gasteiger partial charge in [0.05, 0.1) is 25.3 Å². The summed E-state index contributed by atoms with van der Waals surface area (Å²) in [5, 5.41) is 14.4. The number of anilines is 1. The number of fused-ring (bicyclic) bond motifs is 5. The van der Waals surface area contributed by atoms with Gasteiger partial charge in [-0.2, -0.15) is 0 Å². The lowest BCUT2D eigenvalue weighted by atomic mass is 9.83. The van der Waals surface area contributed by atoms with Gasteiger partial charge in [-0.1, -0.05) is 42.3 Å². The summed E-state index contributed by atoms with van der Waals surface area (Å²) in [4.78, 5) is 54.7. The minimum atomic E-state index is -1.81. The number of esters is 1. The number of halogens is 1. The van der Waals surface area contributed by atoms with Crippen molar-refractivity contribution in [1.82, 2.24) is 10.2 Å². The number of allylic oxidation sites excluding steroid dienone is 3. The van der Waals surface area contributed by atoms with Crippen molar-refractivity contribution < 1.29 is 48.0 Å². The zero-order chi connectivity index (χ0) is 35.7. The van der Waals surface area contributed by atoms with E-state index in [2.05, 4.69) is 5.32 Å². The van der Waals surface area contributed by atoms with Crippen LogP contribution in [0.5, 0.6) is 5.75 Å². The number of amides is 3. The molecule has 0 saturated carbocycles. The van der Waals surface area contributed by atoms with Crippen LogP contribution >= 0.6 is 11.6 Å². The van der Waals surface area contributed by atoms with E-state index < -0.39 is 65.7 Å². The van der Waals surface area contributed by atoms with Crippen molar-refractivity contribution in [2.45, 2.75) is 95.7 Å². The second-order valence-corrected chi connectivity index (χ2v) is 13.4. The predicted octanol–water partition coefficient (Wildman–Crippen LogP) is 3.53. The number of hydrogen-bond acceptors (Lipinski definition) is 10. The first-order valence-corrected chi connectivity index (χ1v) is 16.2. The fourth-order valence-corrected chi connectivity index (χ4v) is 6.59. The lowest BCUT2D eigenvalue weighted by Crippen LogP contribution is -2.63. The van der Waals surface area contributed by atoms with Crippen LogP contribution in [-0.4, -0.2) is 104 Å². The smallest absolute Gasteiger partial charge is 0.409 e. The molecule has 3 aliphatic rings. The Hall–Kier alpha value is -3.65. The quantitative estimate of drug-likeness (QED) is 0.346.